The lowest BCUT2D eigenvalue weighted by Crippen LogP contribution is -2.27. The summed E-state index contributed by atoms with van der Waals surface area (Å²) in [5, 5.41) is 8.23. The van der Waals surface area contributed by atoms with Crippen LogP contribution in [0.1, 0.15) is 0 Å². The number of carboxylic acid groups (broad SMARTS) is 1. The minimum Gasteiger partial charge on any atom is -0.479 e. The zero-order valence-corrected chi connectivity index (χ0v) is 9.80. The van der Waals surface area contributed by atoms with Crippen molar-refractivity contribution in [1.82, 2.24) is 5.48 Å². The summed E-state index contributed by atoms with van der Waals surface area (Å²) in [5.41, 5.74) is 1.90. The van der Waals surface area contributed by atoms with E-state index in [1.807, 2.05) is 5.48 Å². The van der Waals surface area contributed by atoms with Crippen LogP contribution in [0.2, 0.25) is 0 Å². The van der Waals surface area contributed by atoms with E-state index in [0.717, 1.165) is 23.9 Å². The van der Waals surface area contributed by atoms with E-state index < -0.39 is 30.1 Å². The molecule has 0 saturated heterocycles. The Bertz CT molecular complexity index is 456. The van der Waals surface area contributed by atoms with Gasteiger partial charge in [0.25, 0.3) is 5.91 Å². The number of carbonyl (C=O) groups excluding carboxylic acids is 1. The number of carboxylic acids is 1. The lowest BCUT2D eigenvalue weighted by Gasteiger charge is -2.04. The van der Waals surface area contributed by atoms with Gasteiger partial charge in [-0.1, -0.05) is 0 Å². The largest absolute Gasteiger partial charge is 0.479 e. The third-order valence-corrected chi connectivity index (χ3v) is 2.64. The van der Waals surface area contributed by atoms with Crippen molar-refractivity contribution in [2.45, 2.75) is 4.90 Å². The number of halogens is 2. The van der Waals surface area contributed by atoms with Crippen LogP contribution < -0.4 is 5.48 Å². The fourth-order valence-corrected chi connectivity index (χ4v) is 1.63. The molecule has 0 aliphatic rings. The van der Waals surface area contributed by atoms with Crippen molar-refractivity contribution >= 4 is 23.6 Å². The molecule has 18 heavy (non-hydrogen) atoms. The Morgan fingerprint density at radius 3 is 2.67 bits per heavy atom. The van der Waals surface area contributed by atoms with Gasteiger partial charge in [0.2, 0.25) is 0 Å². The van der Waals surface area contributed by atoms with Crippen molar-refractivity contribution in [3.63, 3.8) is 0 Å². The molecule has 0 aliphatic carbocycles. The number of carbonyl (C=O) groups is 2. The summed E-state index contributed by atoms with van der Waals surface area (Å²) in [6.45, 7) is -0.651. The van der Waals surface area contributed by atoms with Crippen LogP contribution in [0, 0.1) is 11.6 Å². The highest BCUT2D eigenvalue weighted by molar-refractivity contribution is 8.00. The minimum absolute atomic E-state index is 0.106. The predicted octanol–water partition coefficient (Wildman–Crippen LogP) is 1.19. The van der Waals surface area contributed by atoms with Crippen LogP contribution in [0.4, 0.5) is 8.78 Å². The molecule has 0 aromatic heterocycles. The number of thioether (sulfide) groups is 1. The number of amides is 1. The summed E-state index contributed by atoms with van der Waals surface area (Å²) in [6, 6.07) is 3.25. The van der Waals surface area contributed by atoms with Gasteiger partial charge >= 0.3 is 5.97 Å². The SMILES string of the molecule is O=C(O)CONC(=O)CSc1ccc(F)c(F)c1. The topological polar surface area (TPSA) is 75.6 Å². The highest BCUT2D eigenvalue weighted by atomic mass is 32.2. The van der Waals surface area contributed by atoms with Crippen molar-refractivity contribution in [3.05, 3.63) is 29.8 Å². The molecule has 0 saturated carbocycles. The Morgan fingerprint density at radius 2 is 2.06 bits per heavy atom. The van der Waals surface area contributed by atoms with Gasteiger partial charge in [0.1, 0.15) is 0 Å². The molecule has 1 amide bonds. The molecule has 8 heteroatoms. The molecule has 0 spiro atoms. The number of nitrogens with one attached hydrogen (secondary N) is 1. The summed E-state index contributed by atoms with van der Waals surface area (Å²) in [4.78, 5) is 25.9. The number of benzene rings is 1. The molecule has 0 fully saturated rings. The zero-order valence-electron chi connectivity index (χ0n) is 8.98. The number of hydroxylamine groups is 1. The Hall–Kier alpha value is -1.67. The summed E-state index contributed by atoms with van der Waals surface area (Å²) in [7, 11) is 0. The van der Waals surface area contributed by atoms with E-state index in [2.05, 4.69) is 4.84 Å². The molecule has 1 aromatic carbocycles. The summed E-state index contributed by atoms with van der Waals surface area (Å²) in [6.07, 6.45) is 0. The van der Waals surface area contributed by atoms with Crippen LogP contribution in [0.5, 0.6) is 0 Å². The van der Waals surface area contributed by atoms with Crippen LogP contribution in [0.3, 0.4) is 0 Å². The number of rotatable bonds is 6. The van der Waals surface area contributed by atoms with Crippen LogP contribution in [-0.2, 0) is 14.4 Å². The van der Waals surface area contributed by atoms with Gasteiger partial charge in [0, 0.05) is 4.90 Å². The van der Waals surface area contributed by atoms with E-state index in [1.165, 1.54) is 6.07 Å². The van der Waals surface area contributed by atoms with Gasteiger partial charge < -0.3 is 5.11 Å². The standard InChI is InChI=1S/C10H9F2NO4S/c11-7-2-1-6(3-8(7)12)18-5-9(14)13-17-4-10(15)16/h1-3H,4-5H2,(H,13,14)(H,15,16). The van der Waals surface area contributed by atoms with E-state index in [4.69, 9.17) is 5.11 Å². The van der Waals surface area contributed by atoms with E-state index >= 15 is 0 Å². The van der Waals surface area contributed by atoms with Gasteiger partial charge in [-0.3, -0.25) is 9.63 Å². The number of hydrogen-bond acceptors (Lipinski definition) is 4. The lowest BCUT2D eigenvalue weighted by atomic mass is 10.3. The Labute approximate surface area is 105 Å². The number of aliphatic carboxylic acids is 1. The quantitative estimate of drug-likeness (QED) is 0.603. The third kappa shape index (κ3) is 5.11. The van der Waals surface area contributed by atoms with Crippen molar-refractivity contribution in [2.24, 2.45) is 0 Å². The van der Waals surface area contributed by atoms with E-state index in [9.17, 15) is 18.4 Å². The first-order chi connectivity index (χ1) is 8.49. The smallest absolute Gasteiger partial charge is 0.332 e. The monoisotopic (exact) mass is 277 g/mol. The molecule has 0 bridgehead atoms. The minimum atomic E-state index is -1.22. The highest BCUT2D eigenvalue weighted by Crippen LogP contribution is 2.19. The molecule has 0 aliphatic heterocycles. The van der Waals surface area contributed by atoms with Gasteiger partial charge in [-0.15, -0.1) is 11.8 Å². The average molecular weight is 277 g/mol. The molecule has 2 N–H and O–H groups in total. The fourth-order valence-electron chi connectivity index (χ4n) is 0.923. The van der Waals surface area contributed by atoms with Crippen molar-refractivity contribution in [3.8, 4) is 0 Å². The first kappa shape index (κ1) is 14.4. The molecule has 1 aromatic rings. The van der Waals surface area contributed by atoms with Crippen LogP contribution in [-0.4, -0.2) is 29.3 Å². The van der Waals surface area contributed by atoms with Crippen molar-refractivity contribution in [2.75, 3.05) is 12.4 Å². The summed E-state index contributed by atoms with van der Waals surface area (Å²) in [5.74, 6) is -3.87. The molecular formula is C10H9F2NO4S. The molecule has 98 valence electrons. The number of hydrogen-bond donors (Lipinski definition) is 2. The molecule has 0 unspecified atom stereocenters. The molecule has 0 radical (unpaired) electrons. The summed E-state index contributed by atoms with van der Waals surface area (Å²) >= 11 is 0.964. The maximum absolute atomic E-state index is 12.8. The van der Waals surface area contributed by atoms with Crippen LogP contribution >= 0.6 is 11.8 Å². The van der Waals surface area contributed by atoms with Gasteiger partial charge in [-0.05, 0) is 18.2 Å². The van der Waals surface area contributed by atoms with Gasteiger partial charge in [-0.25, -0.2) is 19.1 Å². The maximum atomic E-state index is 12.8. The van der Waals surface area contributed by atoms with Crippen molar-refractivity contribution in [1.29, 1.82) is 0 Å². The lowest BCUT2D eigenvalue weighted by molar-refractivity contribution is -0.148. The Morgan fingerprint density at radius 1 is 1.33 bits per heavy atom. The van der Waals surface area contributed by atoms with Gasteiger partial charge in [0.15, 0.2) is 18.2 Å². The molecule has 0 atom stereocenters. The van der Waals surface area contributed by atoms with Crippen LogP contribution in [0.15, 0.2) is 23.1 Å². The highest BCUT2D eigenvalue weighted by Gasteiger charge is 2.07. The molecule has 0 heterocycles. The second-order valence-electron chi connectivity index (χ2n) is 3.07. The van der Waals surface area contributed by atoms with Crippen LogP contribution in [0.25, 0.3) is 0 Å². The second kappa shape index (κ2) is 6.92. The van der Waals surface area contributed by atoms with Crippen molar-refractivity contribution < 1.29 is 28.3 Å². The fraction of sp³-hybridized carbons (Fsp3) is 0.200. The Balaban J connectivity index is 2.33. The summed E-state index contributed by atoms with van der Waals surface area (Å²) < 4.78 is 25.4. The Kier molecular flexibility index (Phi) is 5.53. The zero-order chi connectivity index (χ0) is 13.5. The van der Waals surface area contributed by atoms with E-state index in [1.54, 1.807) is 0 Å². The molecular weight excluding hydrogens is 268 g/mol. The normalized spacial score (nSPS) is 10.1. The first-order valence-corrected chi connectivity index (χ1v) is 5.68. The third-order valence-electron chi connectivity index (χ3n) is 1.64. The molecule has 1 rings (SSSR count). The maximum Gasteiger partial charge on any atom is 0.332 e. The van der Waals surface area contributed by atoms with Gasteiger partial charge in [0.05, 0.1) is 5.75 Å². The first-order valence-electron chi connectivity index (χ1n) is 4.69. The van der Waals surface area contributed by atoms with Gasteiger partial charge in [-0.2, -0.15) is 0 Å². The average Bonchev–Trinajstić information content (AvgIpc) is 2.30. The second-order valence-corrected chi connectivity index (χ2v) is 4.12. The predicted molar refractivity (Wildman–Crippen MR) is 58.8 cm³/mol. The molecule has 5 nitrogen and oxygen atoms in total. The van der Waals surface area contributed by atoms with E-state index in [-0.39, 0.29) is 5.75 Å². The van der Waals surface area contributed by atoms with E-state index in [0.29, 0.717) is 4.90 Å².